The summed E-state index contributed by atoms with van der Waals surface area (Å²) < 4.78 is 11.0. The first-order valence-corrected chi connectivity index (χ1v) is 5.94. The zero-order valence-corrected chi connectivity index (χ0v) is 10.2. The topological polar surface area (TPSA) is 90.2 Å². The predicted octanol–water partition coefficient (Wildman–Crippen LogP) is 0.714. The molecule has 1 aliphatic rings. The number of aromatic nitrogens is 2. The van der Waals surface area contributed by atoms with Gasteiger partial charge in [0.1, 0.15) is 19.0 Å². The monoisotopic (exact) mass is 259 g/mol. The van der Waals surface area contributed by atoms with E-state index in [1.807, 2.05) is 18.2 Å². The van der Waals surface area contributed by atoms with Crippen LogP contribution in [-0.2, 0) is 6.42 Å². The van der Waals surface area contributed by atoms with Gasteiger partial charge in [-0.2, -0.15) is 0 Å². The molecule has 0 aliphatic carbocycles. The molecule has 1 aromatic heterocycles. The number of ether oxygens (including phenoxy) is 2. The maximum Gasteiger partial charge on any atom is 0.346 e. The fourth-order valence-electron chi connectivity index (χ4n) is 1.99. The molecule has 0 amide bonds. The summed E-state index contributed by atoms with van der Waals surface area (Å²) in [6.45, 7) is 1.13. The number of nitrogen functional groups attached to an aromatic ring is 1. The Kier molecular flexibility index (Phi) is 2.83. The molecule has 0 unspecified atom stereocenters. The van der Waals surface area contributed by atoms with Gasteiger partial charge < -0.3 is 15.2 Å². The van der Waals surface area contributed by atoms with E-state index in [4.69, 9.17) is 15.2 Å². The van der Waals surface area contributed by atoms with E-state index in [2.05, 4.69) is 9.97 Å². The third-order valence-corrected chi connectivity index (χ3v) is 2.93. The fraction of sp³-hybridized carbons (Fsp3) is 0.231. The molecule has 0 fully saturated rings. The Morgan fingerprint density at radius 1 is 1.26 bits per heavy atom. The normalized spacial score (nSPS) is 13.3. The van der Waals surface area contributed by atoms with E-state index in [1.54, 1.807) is 0 Å². The maximum atomic E-state index is 11.0. The van der Waals surface area contributed by atoms with E-state index in [0.717, 1.165) is 22.6 Å². The number of benzene rings is 1. The Balaban J connectivity index is 1.88. The Morgan fingerprint density at radius 2 is 2.05 bits per heavy atom. The van der Waals surface area contributed by atoms with Crippen molar-refractivity contribution in [2.75, 3.05) is 18.9 Å². The van der Waals surface area contributed by atoms with Crippen LogP contribution in [0.1, 0.15) is 11.1 Å². The second-order valence-corrected chi connectivity index (χ2v) is 4.28. The van der Waals surface area contributed by atoms with Gasteiger partial charge in [0.2, 0.25) is 0 Å². The van der Waals surface area contributed by atoms with Crippen molar-refractivity contribution in [1.82, 2.24) is 9.97 Å². The molecule has 2 heterocycles. The Morgan fingerprint density at radius 3 is 2.84 bits per heavy atom. The second kappa shape index (κ2) is 4.64. The molecule has 6 nitrogen and oxygen atoms in total. The third kappa shape index (κ3) is 2.37. The molecular weight excluding hydrogens is 246 g/mol. The quantitative estimate of drug-likeness (QED) is 0.829. The van der Waals surface area contributed by atoms with Crippen molar-refractivity contribution in [3.8, 4) is 11.5 Å². The van der Waals surface area contributed by atoms with E-state index in [-0.39, 0.29) is 0 Å². The van der Waals surface area contributed by atoms with Crippen molar-refractivity contribution >= 4 is 5.82 Å². The highest BCUT2D eigenvalue weighted by atomic mass is 16.6. The van der Waals surface area contributed by atoms with E-state index in [0.29, 0.717) is 25.5 Å². The lowest BCUT2D eigenvalue weighted by Crippen LogP contribution is -2.16. The predicted molar refractivity (Wildman–Crippen MR) is 69.5 cm³/mol. The number of fused-ring (bicyclic) bond motifs is 1. The lowest BCUT2D eigenvalue weighted by molar-refractivity contribution is 0.171. The van der Waals surface area contributed by atoms with Crippen LogP contribution in [0.25, 0.3) is 0 Å². The van der Waals surface area contributed by atoms with Gasteiger partial charge in [-0.3, -0.25) is 4.98 Å². The minimum Gasteiger partial charge on any atom is -0.486 e. The number of nitrogens with zero attached hydrogens (tertiary/aromatic N) is 1. The molecule has 0 saturated heterocycles. The number of anilines is 1. The number of nitrogens with two attached hydrogens (primary N) is 1. The van der Waals surface area contributed by atoms with Crippen molar-refractivity contribution in [3.05, 3.63) is 46.0 Å². The fourth-order valence-corrected chi connectivity index (χ4v) is 1.99. The van der Waals surface area contributed by atoms with Gasteiger partial charge in [0, 0.05) is 18.2 Å². The molecule has 2 aromatic rings. The summed E-state index contributed by atoms with van der Waals surface area (Å²) in [5.74, 6) is 1.83. The van der Waals surface area contributed by atoms with Crippen LogP contribution in [-0.4, -0.2) is 23.2 Å². The number of aromatic amines is 1. The number of hydrogen-bond donors (Lipinski definition) is 2. The molecule has 3 N–H and O–H groups in total. The summed E-state index contributed by atoms with van der Waals surface area (Å²) >= 11 is 0. The van der Waals surface area contributed by atoms with Crippen molar-refractivity contribution in [2.45, 2.75) is 6.42 Å². The lowest BCUT2D eigenvalue weighted by Gasteiger charge is -2.18. The first-order valence-electron chi connectivity index (χ1n) is 5.94. The largest absolute Gasteiger partial charge is 0.486 e. The number of hydrogen-bond acceptors (Lipinski definition) is 5. The third-order valence-electron chi connectivity index (χ3n) is 2.93. The van der Waals surface area contributed by atoms with Gasteiger partial charge in [0.25, 0.3) is 0 Å². The highest BCUT2D eigenvalue weighted by Crippen LogP contribution is 2.31. The lowest BCUT2D eigenvalue weighted by atomic mass is 10.1. The van der Waals surface area contributed by atoms with E-state index < -0.39 is 5.69 Å². The molecule has 3 rings (SSSR count). The maximum absolute atomic E-state index is 11.0. The zero-order valence-electron chi connectivity index (χ0n) is 10.2. The summed E-state index contributed by atoms with van der Waals surface area (Å²) in [7, 11) is 0. The average Bonchev–Trinajstić information content (AvgIpc) is 2.42. The first-order chi connectivity index (χ1) is 9.22. The van der Waals surface area contributed by atoms with Crippen LogP contribution >= 0.6 is 0 Å². The summed E-state index contributed by atoms with van der Waals surface area (Å²) in [4.78, 5) is 17.2. The summed E-state index contributed by atoms with van der Waals surface area (Å²) in [5.41, 5.74) is 7.11. The van der Waals surface area contributed by atoms with Gasteiger partial charge in [0.15, 0.2) is 11.5 Å². The zero-order chi connectivity index (χ0) is 13.2. The van der Waals surface area contributed by atoms with Gasteiger partial charge in [-0.25, -0.2) is 9.78 Å². The first kappa shape index (κ1) is 11.6. The molecule has 1 aromatic carbocycles. The van der Waals surface area contributed by atoms with Crippen LogP contribution < -0.4 is 20.9 Å². The SMILES string of the molecule is Nc1[nH]c(=O)ncc1Cc1ccc2c(c1)OCCO2. The number of rotatable bonds is 2. The summed E-state index contributed by atoms with van der Waals surface area (Å²) in [6.07, 6.45) is 2.07. The van der Waals surface area contributed by atoms with Gasteiger partial charge in [-0.1, -0.05) is 6.07 Å². The van der Waals surface area contributed by atoms with E-state index >= 15 is 0 Å². The standard InChI is InChI=1S/C13H13N3O3/c14-12-9(7-15-13(17)16-12)5-8-1-2-10-11(6-8)19-4-3-18-10/h1-2,6-7H,3-5H2,(H3,14,15,16,17). The molecular formula is C13H13N3O3. The summed E-state index contributed by atoms with van der Waals surface area (Å²) in [6, 6.07) is 5.73. The Labute approximate surface area is 109 Å². The second-order valence-electron chi connectivity index (χ2n) is 4.28. The van der Waals surface area contributed by atoms with Crippen LogP contribution in [0.3, 0.4) is 0 Å². The number of H-pyrrole nitrogens is 1. The minimum absolute atomic E-state index is 0.342. The summed E-state index contributed by atoms with van der Waals surface area (Å²) in [5, 5.41) is 0. The molecule has 0 radical (unpaired) electrons. The van der Waals surface area contributed by atoms with Crippen LogP contribution in [0.2, 0.25) is 0 Å². The minimum atomic E-state index is -0.441. The van der Waals surface area contributed by atoms with E-state index in [1.165, 1.54) is 6.20 Å². The smallest absolute Gasteiger partial charge is 0.346 e. The van der Waals surface area contributed by atoms with Gasteiger partial charge in [0.05, 0.1) is 0 Å². The van der Waals surface area contributed by atoms with Gasteiger partial charge in [-0.15, -0.1) is 0 Å². The van der Waals surface area contributed by atoms with Crippen LogP contribution in [0.4, 0.5) is 5.82 Å². The Hall–Kier alpha value is -2.50. The van der Waals surface area contributed by atoms with Crippen molar-refractivity contribution < 1.29 is 9.47 Å². The molecule has 6 heteroatoms. The molecule has 98 valence electrons. The molecule has 0 atom stereocenters. The average molecular weight is 259 g/mol. The highest BCUT2D eigenvalue weighted by Gasteiger charge is 2.12. The van der Waals surface area contributed by atoms with Gasteiger partial charge in [-0.05, 0) is 17.7 Å². The molecule has 1 aliphatic heterocycles. The van der Waals surface area contributed by atoms with Crippen LogP contribution in [0, 0.1) is 0 Å². The van der Waals surface area contributed by atoms with Crippen molar-refractivity contribution in [2.24, 2.45) is 0 Å². The van der Waals surface area contributed by atoms with E-state index in [9.17, 15) is 4.79 Å². The van der Waals surface area contributed by atoms with Gasteiger partial charge >= 0.3 is 5.69 Å². The molecule has 0 saturated carbocycles. The molecule has 0 spiro atoms. The van der Waals surface area contributed by atoms with Crippen LogP contribution in [0.5, 0.6) is 11.5 Å². The number of nitrogens with one attached hydrogen (secondary N) is 1. The Bertz CT molecular complexity index is 666. The van der Waals surface area contributed by atoms with Crippen LogP contribution in [0.15, 0.2) is 29.2 Å². The van der Waals surface area contributed by atoms with Crippen molar-refractivity contribution in [1.29, 1.82) is 0 Å². The highest BCUT2D eigenvalue weighted by molar-refractivity contribution is 5.47. The van der Waals surface area contributed by atoms with Crippen molar-refractivity contribution in [3.63, 3.8) is 0 Å². The molecule has 19 heavy (non-hydrogen) atoms. The molecule has 0 bridgehead atoms.